The van der Waals surface area contributed by atoms with Crippen molar-refractivity contribution < 1.29 is 9.53 Å². The zero-order chi connectivity index (χ0) is 13.9. The first-order chi connectivity index (χ1) is 8.99. The van der Waals surface area contributed by atoms with Crippen LogP contribution in [0.5, 0.6) is 5.75 Å². The van der Waals surface area contributed by atoms with Crippen LogP contribution in [0.2, 0.25) is 0 Å². The average Bonchev–Trinajstić information content (AvgIpc) is 2.64. The van der Waals surface area contributed by atoms with Crippen LogP contribution in [-0.2, 0) is 4.79 Å². The molecule has 4 heteroatoms. The Hall–Kier alpha value is -1.55. The van der Waals surface area contributed by atoms with Crippen molar-refractivity contribution in [2.24, 2.45) is 5.73 Å². The van der Waals surface area contributed by atoms with Gasteiger partial charge in [0, 0.05) is 18.1 Å². The number of para-hydroxylation sites is 1. The van der Waals surface area contributed by atoms with Gasteiger partial charge in [0.15, 0.2) is 0 Å². The van der Waals surface area contributed by atoms with E-state index in [0.717, 1.165) is 12.2 Å². The quantitative estimate of drug-likeness (QED) is 0.900. The number of benzene rings is 1. The van der Waals surface area contributed by atoms with E-state index in [1.807, 2.05) is 35.2 Å². The largest absolute Gasteiger partial charge is 0.493 e. The molecular formula is C15H22N2O2. The standard InChI is InChI=1S/C15H22N2O2/c1-15(2)10-12(16)11-17(15)14(18)8-9-19-13-6-4-3-5-7-13/h3-7,12H,8-11,16H2,1-2H3. The summed E-state index contributed by atoms with van der Waals surface area (Å²) in [4.78, 5) is 14.1. The molecule has 1 saturated heterocycles. The Balaban J connectivity index is 1.82. The minimum Gasteiger partial charge on any atom is -0.493 e. The van der Waals surface area contributed by atoms with Crippen molar-refractivity contribution in [3.8, 4) is 5.75 Å². The Morgan fingerprint density at radius 3 is 2.68 bits per heavy atom. The van der Waals surface area contributed by atoms with E-state index in [-0.39, 0.29) is 17.5 Å². The highest BCUT2D eigenvalue weighted by molar-refractivity contribution is 5.77. The molecule has 1 aliphatic rings. The summed E-state index contributed by atoms with van der Waals surface area (Å²) >= 11 is 0. The molecule has 2 N–H and O–H groups in total. The van der Waals surface area contributed by atoms with Gasteiger partial charge in [-0.2, -0.15) is 0 Å². The summed E-state index contributed by atoms with van der Waals surface area (Å²) in [6.07, 6.45) is 1.25. The number of nitrogens with zero attached hydrogens (tertiary/aromatic N) is 1. The van der Waals surface area contributed by atoms with Crippen molar-refractivity contribution in [2.75, 3.05) is 13.2 Å². The molecule has 0 aromatic heterocycles. The lowest BCUT2D eigenvalue weighted by molar-refractivity contribution is -0.134. The SMILES string of the molecule is CC1(C)CC(N)CN1C(=O)CCOc1ccccc1. The van der Waals surface area contributed by atoms with Gasteiger partial charge in [0.2, 0.25) is 5.91 Å². The molecule has 1 aliphatic heterocycles. The van der Waals surface area contributed by atoms with Crippen LogP contribution in [0.15, 0.2) is 30.3 Å². The van der Waals surface area contributed by atoms with Gasteiger partial charge in [-0.3, -0.25) is 4.79 Å². The maximum absolute atomic E-state index is 12.2. The summed E-state index contributed by atoms with van der Waals surface area (Å²) in [6, 6.07) is 9.64. The average molecular weight is 262 g/mol. The Labute approximate surface area is 114 Å². The molecule has 1 unspecified atom stereocenters. The van der Waals surface area contributed by atoms with Crippen molar-refractivity contribution in [3.05, 3.63) is 30.3 Å². The Kier molecular flexibility index (Phi) is 4.10. The van der Waals surface area contributed by atoms with Crippen molar-refractivity contribution in [2.45, 2.75) is 38.3 Å². The van der Waals surface area contributed by atoms with Crippen molar-refractivity contribution in [3.63, 3.8) is 0 Å². The Bertz CT molecular complexity index is 431. The minimum atomic E-state index is -0.136. The highest BCUT2D eigenvalue weighted by Crippen LogP contribution is 2.28. The molecule has 1 aromatic rings. The van der Waals surface area contributed by atoms with E-state index < -0.39 is 0 Å². The second-order valence-electron chi connectivity index (χ2n) is 5.69. The van der Waals surface area contributed by atoms with Crippen LogP contribution in [0, 0.1) is 0 Å². The number of carbonyl (C=O) groups is 1. The molecule has 0 spiro atoms. The van der Waals surface area contributed by atoms with Crippen molar-refractivity contribution in [1.82, 2.24) is 4.90 Å². The molecule has 1 amide bonds. The van der Waals surface area contributed by atoms with Crippen LogP contribution < -0.4 is 10.5 Å². The van der Waals surface area contributed by atoms with Crippen LogP contribution in [0.4, 0.5) is 0 Å². The lowest BCUT2D eigenvalue weighted by Crippen LogP contribution is -2.43. The second-order valence-corrected chi connectivity index (χ2v) is 5.69. The highest BCUT2D eigenvalue weighted by atomic mass is 16.5. The summed E-state index contributed by atoms with van der Waals surface area (Å²) < 4.78 is 5.55. The summed E-state index contributed by atoms with van der Waals surface area (Å²) in [5.41, 5.74) is 5.80. The number of likely N-dealkylation sites (tertiary alicyclic amines) is 1. The number of hydrogen-bond donors (Lipinski definition) is 1. The van der Waals surface area contributed by atoms with E-state index in [1.165, 1.54) is 0 Å². The molecule has 1 heterocycles. The number of ether oxygens (including phenoxy) is 1. The van der Waals surface area contributed by atoms with Gasteiger partial charge >= 0.3 is 0 Å². The van der Waals surface area contributed by atoms with E-state index >= 15 is 0 Å². The normalized spacial score (nSPS) is 21.4. The molecule has 0 radical (unpaired) electrons. The molecule has 4 nitrogen and oxygen atoms in total. The lowest BCUT2D eigenvalue weighted by atomic mass is 10.0. The number of hydrogen-bond acceptors (Lipinski definition) is 3. The molecule has 104 valence electrons. The smallest absolute Gasteiger partial charge is 0.226 e. The van der Waals surface area contributed by atoms with Gasteiger partial charge in [0.25, 0.3) is 0 Å². The lowest BCUT2D eigenvalue weighted by Gasteiger charge is -2.31. The Morgan fingerprint density at radius 1 is 1.42 bits per heavy atom. The first-order valence-electron chi connectivity index (χ1n) is 6.73. The number of carbonyl (C=O) groups excluding carboxylic acids is 1. The van der Waals surface area contributed by atoms with Gasteiger partial charge in [-0.25, -0.2) is 0 Å². The second kappa shape index (κ2) is 5.61. The van der Waals surface area contributed by atoms with Crippen LogP contribution in [0.1, 0.15) is 26.7 Å². The molecular weight excluding hydrogens is 240 g/mol. The maximum atomic E-state index is 12.2. The van der Waals surface area contributed by atoms with E-state index in [9.17, 15) is 4.79 Å². The fourth-order valence-electron chi connectivity index (χ4n) is 2.65. The maximum Gasteiger partial charge on any atom is 0.226 e. The van der Waals surface area contributed by atoms with Crippen molar-refractivity contribution >= 4 is 5.91 Å². The van der Waals surface area contributed by atoms with E-state index in [2.05, 4.69) is 13.8 Å². The third-order valence-electron chi connectivity index (χ3n) is 3.54. The van der Waals surface area contributed by atoms with Gasteiger partial charge in [-0.15, -0.1) is 0 Å². The Morgan fingerprint density at radius 2 is 2.11 bits per heavy atom. The summed E-state index contributed by atoms with van der Waals surface area (Å²) in [7, 11) is 0. The number of nitrogens with two attached hydrogens (primary N) is 1. The predicted molar refractivity (Wildman–Crippen MR) is 74.9 cm³/mol. The zero-order valence-electron chi connectivity index (χ0n) is 11.6. The molecule has 0 bridgehead atoms. The molecule has 19 heavy (non-hydrogen) atoms. The molecule has 1 fully saturated rings. The first kappa shape index (κ1) is 13.9. The third kappa shape index (κ3) is 3.47. The minimum absolute atomic E-state index is 0.0917. The molecule has 0 saturated carbocycles. The molecule has 1 aromatic carbocycles. The summed E-state index contributed by atoms with van der Waals surface area (Å²) in [5, 5.41) is 0. The number of amides is 1. The first-order valence-corrected chi connectivity index (χ1v) is 6.73. The topological polar surface area (TPSA) is 55.6 Å². The fourth-order valence-corrected chi connectivity index (χ4v) is 2.65. The van der Waals surface area contributed by atoms with E-state index in [0.29, 0.717) is 19.6 Å². The predicted octanol–water partition coefficient (Wildman–Crippen LogP) is 1.79. The highest BCUT2D eigenvalue weighted by Gasteiger charge is 2.39. The van der Waals surface area contributed by atoms with Gasteiger partial charge in [0.1, 0.15) is 5.75 Å². The zero-order valence-corrected chi connectivity index (χ0v) is 11.6. The van der Waals surface area contributed by atoms with Gasteiger partial charge in [-0.05, 0) is 32.4 Å². The third-order valence-corrected chi connectivity index (χ3v) is 3.54. The molecule has 2 rings (SSSR count). The van der Waals surface area contributed by atoms with Gasteiger partial charge < -0.3 is 15.4 Å². The van der Waals surface area contributed by atoms with Crippen molar-refractivity contribution in [1.29, 1.82) is 0 Å². The molecule has 1 atom stereocenters. The van der Waals surface area contributed by atoms with Crippen LogP contribution in [0.25, 0.3) is 0 Å². The molecule has 0 aliphatic carbocycles. The fraction of sp³-hybridized carbons (Fsp3) is 0.533. The van der Waals surface area contributed by atoms with E-state index in [1.54, 1.807) is 0 Å². The van der Waals surface area contributed by atoms with Crippen LogP contribution in [0.3, 0.4) is 0 Å². The summed E-state index contributed by atoms with van der Waals surface area (Å²) in [5.74, 6) is 0.918. The van der Waals surface area contributed by atoms with Crippen LogP contribution in [-0.4, -0.2) is 35.5 Å². The monoisotopic (exact) mass is 262 g/mol. The van der Waals surface area contributed by atoms with Gasteiger partial charge in [0.05, 0.1) is 13.0 Å². The van der Waals surface area contributed by atoms with Gasteiger partial charge in [-0.1, -0.05) is 18.2 Å². The van der Waals surface area contributed by atoms with Crippen LogP contribution >= 0.6 is 0 Å². The van der Waals surface area contributed by atoms with E-state index in [4.69, 9.17) is 10.5 Å². The number of rotatable bonds is 4. The summed E-state index contributed by atoms with van der Waals surface area (Å²) in [6.45, 7) is 5.19.